The van der Waals surface area contributed by atoms with Gasteiger partial charge in [-0.15, -0.1) is 4.89 Å². The van der Waals surface area contributed by atoms with Gasteiger partial charge in [0.05, 0.1) is 0 Å². The third kappa shape index (κ3) is 1.99. The highest BCUT2D eigenvalue weighted by Crippen LogP contribution is 1.77. The van der Waals surface area contributed by atoms with Crippen LogP contribution in [0.2, 0.25) is 0 Å². The molecule has 0 aliphatic heterocycles. The van der Waals surface area contributed by atoms with Crippen LogP contribution in [0.5, 0.6) is 0 Å². The minimum absolute atomic E-state index is 0.264. The lowest BCUT2D eigenvalue weighted by molar-refractivity contribution is -1.05. The van der Waals surface area contributed by atoms with E-state index in [1.807, 2.05) is 0 Å². The second kappa shape index (κ2) is 3.42. The van der Waals surface area contributed by atoms with Crippen LogP contribution in [0.1, 0.15) is 13.3 Å². The Morgan fingerprint density at radius 2 is 2.57 bits per heavy atom. The third-order valence-corrected chi connectivity index (χ3v) is 0.483. The van der Waals surface area contributed by atoms with Crippen molar-refractivity contribution in [3.8, 4) is 0 Å². The van der Waals surface area contributed by atoms with Crippen molar-refractivity contribution < 1.29 is 20.0 Å². The molecule has 0 saturated heterocycles. The van der Waals surface area contributed by atoms with Crippen molar-refractivity contribution in [2.75, 3.05) is 0 Å². The summed E-state index contributed by atoms with van der Waals surface area (Å²) in [6.45, 7) is 1.61. The summed E-state index contributed by atoms with van der Waals surface area (Å²) >= 11 is 0. The molecule has 0 aromatic carbocycles. The molecule has 0 unspecified atom stereocenters. The van der Waals surface area contributed by atoms with Gasteiger partial charge in [0.1, 0.15) is 6.42 Å². The molecule has 0 rings (SSSR count). The summed E-state index contributed by atoms with van der Waals surface area (Å²) in [5, 5.41) is 16.9. The van der Waals surface area contributed by atoms with Crippen LogP contribution < -0.4 is 5.26 Å². The molecule has 0 aliphatic rings. The van der Waals surface area contributed by atoms with Gasteiger partial charge in [0, 0.05) is 0 Å². The summed E-state index contributed by atoms with van der Waals surface area (Å²) in [6, 6.07) is 0. The first-order chi connectivity index (χ1) is 3.35. The van der Waals surface area contributed by atoms with E-state index in [0.29, 0.717) is 0 Å². The molecule has 0 bridgehead atoms. The number of hydrogen-bond donors (Lipinski definition) is 1. The van der Waals surface area contributed by atoms with Crippen molar-refractivity contribution in [3.05, 3.63) is 0 Å². The Kier molecular flexibility index (Phi) is 3.04. The molecule has 4 nitrogen and oxygen atoms in total. The lowest BCUT2D eigenvalue weighted by Gasteiger charge is -1.81. The topological polar surface area (TPSA) is 63.8 Å². The van der Waals surface area contributed by atoms with Crippen LogP contribution in [0.4, 0.5) is 0 Å². The lowest BCUT2D eigenvalue weighted by atomic mass is 10.5. The predicted molar refractivity (Wildman–Crippen MR) is 19.0 cm³/mol. The van der Waals surface area contributed by atoms with E-state index < -0.39 is 0 Å². The van der Waals surface area contributed by atoms with Crippen LogP contribution >= 0.6 is 0 Å². The molecule has 0 aromatic rings. The second-order valence-corrected chi connectivity index (χ2v) is 0.900. The minimum atomic E-state index is -0.319. The highest BCUT2D eigenvalue weighted by molar-refractivity contribution is 5.68. The van der Waals surface area contributed by atoms with Crippen LogP contribution in [0, 0.1) is 0 Å². The molecule has 1 N–H and O–H groups in total. The Balaban J connectivity index is 3.38. The molecule has 4 heteroatoms. The molecule has 7 heavy (non-hydrogen) atoms. The number of rotatable bonds is 1. The molecule has 0 spiro atoms. The fraction of sp³-hybridized carbons (Fsp3) is 0.667. The maximum Gasteiger partial charge on any atom is 0.541 e. The quantitative estimate of drug-likeness (QED) is 0.271. The lowest BCUT2D eigenvalue weighted by Crippen LogP contribution is -2.10. The van der Waals surface area contributed by atoms with E-state index in [9.17, 15) is 5.26 Å². The van der Waals surface area contributed by atoms with Crippen LogP contribution in [-0.4, -0.2) is 11.2 Å². The zero-order chi connectivity index (χ0) is 5.70. The fourth-order valence-corrected chi connectivity index (χ4v) is 0.139. The van der Waals surface area contributed by atoms with Gasteiger partial charge in [-0.3, -0.25) is 4.58 Å². The number of carbonyl (C=O) groups excluding carboxylic acids is 1. The monoisotopic (exact) mass is 106 g/mol. The van der Waals surface area contributed by atoms with Crippen LogP contribution in [0.25, 0.3) is 0 Å². The molecule has 0 aromatic heterocycles. The van der Waals surface area contributed by atoms with Crippen LogP contribution in [0.15, 0.2) is 0 Å². The normalized spacial score (nSPS) is 11.4. The van der Waals surface area contributed by atoms with Gasteiger partial charge in [0.25, 0.3) is 0 Å². The van der Waals surface area contributed by atoms with E-state index in [0.717, 1.165) is 0 Å². The van der Waals surface area contributed by atoms with Crippen molar-refractivity contribution in [1.82, 2.24) is 0 Å². The summed E-state index contributed by atoms with van der Waals surface area (Å²) in [7, 11) is 0. The Bertz CT molecular complexity index is 61.3. The van der Waals surface area contributed by atoms with Gasteiger partial charge in [-0.05, 0) is 6.92 Å². The molecule has 0 heterocycles. The van der Waals surface area contributed by atoms with Crippen molar-refractivity contribution in [2.24, 2.45) is 0 Å². The van der Waals surface area contributed by atoms with E-state index in [1.165, 1.54) is 0 Å². The maximum atomic E-state index is 9.27. The summed E-state index contributed by atoms with van der Waals surface area (Å²) < 4.78 is 3.24. The van der Waals surface area contributed by atoms with Crippen LogP contribution in [-0.2, 0) is 9.46 Å². The first kappa shape index (κ1) is 6.23. The molecule has 0 saturated carbocycles. The molecule has 0 fully saturated rings. The van der Waals surface area contributed by atoms with E-state index in [-0.39, 0.29) is 12.4 Å². The van der Waals surface area contributed by atoms with E-state index >= 15 is 0 Å². The SMILES string of the molecule is CCC(OO)=[O+][O-]. The summed E-state index contributed by atoms with van der Waals surface area (Å²) in [6.07, 6.45) is 0.264. The third-order valence-electron chi connectivity index (χ3n) is 0.483. The second-order valence-electron chi connectivity index (χ2n) is 0.900. The average molecular weight is 106 g/mol. The first-order valence-corrected chi connectivity index (χ1v) is 1.82. The number of hydrogen-bond acceptors (Lipinski definition) is 3. The van der Waals surface area contributed by atoms with Gasteiger partial charge in [-0.25, -0.2) is 0 Å². The Labute approximate surface area is 40.5 Å². The van der Waals surface area contributed by atoms with E-state index in [1.54, 1.807) is 6.92 Å². The zero-order valence-corrected chi connectivity index (χ0v) is 3.88. The van der Waals surface area contributed by atoms with Gasteiger partial charge >= 0.3 is 5.97 Å². The van der Waals surface area contributed by atoms with Gasteiger partial charge in [-0.1, -0.05) is 5.26 Å². The van der Waals surface area contributed by atoms with Gasteiger partial charge in [0.15, 0.2) is 0 Å². The Morgan fingerprint density at radius 1 is 2.00 bits per heavy atom. The smallest absolute Gasteiger partial charge is 0.541 e. The van der Waals surface area contributed by atoms with E-state index in [4.69, 9.17) is 5.26 Å². The van der Waals surface area contributed by atoms with Gasteiger partial charge in [-0.2, -0.15) is 0 Å². The standard InChI is InChI=1S/C3H6O4/c1-2-3(6-4)7-5/h4H,2H2,1H3. The van der Waals surface area contributed by atoms with Crippen molar-refractivity contribution in [2.45, 2.75) is 13.3 Å². The van der Waals surface area contributed by atoms with E-state index in [2.05, 4.69) is 9.46 Å². The summed E-state index contributed by atoms with van der Waals surface area (Å²) in [5.74, 6) is -0.319. The molecular formula is C3H6O4. The average Bonchev–Trinajstić information content (AvgIpc) is 1.72. The highest BCUT2D eigenvalue weighted by atomic mass is 17.2. The van der Waals surface area contributed by atoms with Crippen molar-refractivity contribution in [3.63, 3.8) is 0 Å². The van der Waals surface area contributed by atoms with Crippen LogP contribution in [0.3, 0.4) is 0 Å². The summed E-state index contributed by atoms with van der Waals surface area (Å²) in [5.41, 5.74) is 0. The molecule has 0 atom stereocenters. The minimum Gasteiger partial charge on any atom is -0.588 e. The zero-order valence-electron chi connectivity index (χ0n) is 3.88. The van der Waals surface area contributed by atoms with Crippen molar-refractivity contribution in [1.29, 1.82) is 0 Å². The first-order valence-electron chi connectivity index (χ1n) is 1.82. The van der Waals surface area contributed by atoms with Crippen molar-refractivity contribution >= 4 is 5.97 Å². The molecule has 0 aliphatic carbocycles. The fourth-order valence-electron chi connectivity index (χ4n) is 0.139. The summed E-state index contributed by atoms with van der Waals surface area (Å²) in [4.78, 5) is 3.43. The Morgan fingerprint density at radius 3 is 2.57 bits per heavy atom. The maximum absolute atomic E-state index is 9.27. The van der Waals surface area contributed by atoms with Gasteiger partial charge in [0.2, 0.25) is 0 Å². The predicted octanol–water partition coefficient (Wildman–Crippen LogP) is -0.776. The highest BCUT2D eigenvalue weighted by Gasteiger charge is 2.06. The molecular weight excluding hydrogens is 100 g/mol. The largest absolute Gasteiger partial charge is 0.588 e. The molecule has 42 valence electrons. The Hall–Kier alpha value is -0.770. The van der Waals surface area contributed by atoms with Gasteiger partial charge < -0.3 is 5.26 Å². The molecule has 0 amide bonds. The molecule has 0 radical (unpaired) electrons.